The van der Waals surface area contributed by atoms with Gasteiger partial charge in [0.25, 0.3) is 11.8 Å². The van der Waals surface area contributed by atoms with Gasteiger partial charge < -0.3 is 5.32 Å². The molecule has 5 nitrogen and oxygen atoms in total. The highest BCUT2D eigenvalue weighted by Crippen LogP contribution is 2.20. The van der Waals surface area contributed by atoms with E-state index in [1.807, 2.05) is 32.9 Å². The Morgan fingerprint density at radius 3 is 1.52 bits per heavy atom. The molecule has 0 heterocycles. The van der Waals surface area contributed by atoms with Crippen molar-refractivity contribution in [3.8, 4) is 11.1 Å². The molecule has 0 spiro atoms. The molecule has 0 fully saturated rings. The third kappa shape index (κ3) is 4.40. The van der Waals surface area contributed by atoms with Gasteiger partial charge in [0.05, 0.1) is 0 Å². The first-order valence-electron chi connectivity index (χ1n) is 7.27. The predicted octanol–water partition coefficient (Wildman–Crippen LogP) is 3.00. The average Bonchev–Trinajstić information content (AvgIpc) is 2.53. The van der Waals surface area contributed by atoms with E-state index in [0.717, 1.165) is 11.1 Å². The SMILES string of the molecule is CC(C)(C)NC(=O)c1ccc(-c2ccc(C(=O)NO)cc2)cc1. The number of benzene rings is 2. The summed E-state index contributed by atoms with van der Waals surface area (Å²) in [4.78, 5) is 23.4. The quantitative estimate of drug-likeness (QED) is 0.602. The van der Waals surface area contributed by atoms with E-state index in [2.05, 4.69) is 5.32 Å². The van der Waals surface area contributed by atoms with Crippen LogP contribution < -0.4 is 10.8 Å². The van der Waals surface area contributed by atoms with E-state index in [9.17, 15) is 9.59 Å². The molecule has 0 unspecified atom stereocenters. The maximum Gasteiger partial charge on any atom is 0.274 e. The monoisotopic (exact) mass is 312 g/mol. The molecule has 0 bridgehead atoms. The van der Waals surface area contributed by atoms with Gasteiger partial charge in [-0.15, -0.1) is 0 Å². The van der Waals surface area contributed by atoms with Gasteiger partial charge in [-0.1, -0.05) is 24.3 Å². The number of carbonyl (C=O) groups excluding carboxylic acids is 2. The van der Waals surface area contributed by atoms with Gasteiger partial charge in [0.2, 0.25) is 0 Å². The molecule has 3 N–H and O–H groups in total. The lowest BCUT2D eigenvalue weighted by atomic mass is 10.0. The molecule has 0 saturated heterocycles. The fourth-order valence-electron chi connectivity index (χ4n) is 2.11. The molecule has 2 aromatic rings. The maximum absolute atomic E-state index is 12.1. The van der Waals surface area contributed by atoms with E-state index in [1.165, 1.54) is 0 Å². The van der Waals surface area contributed by atoms with Crippen LogP contribution in [0.3, 0.4) is 0 Å². The summed E-state index contributed by atoms with van der Waals surface area (Å²) in [7, 11) is 0. The number of hydroxylamine groups is 1. The Labute approximate surface area is 135 Å². The number of amides is 2. The molecule has 2 rings (SSSR count). The lowest BCUT2D eigenvalue weighted by Crippen LogP contribution is -2.40. The number of carbonyl (C=O) groups is 2. The minimum atomic E-state index is -0.550. The molecule has 23 heavy (non-hydrogen) atoms. The van der Waals surface area contributed by atoms with Crippen molar-refractivity contribution < 1.29 is 14.8 Å². The van der Waals surface area contributed by atoms with Gasteiger partial charge in [-0.3, -0.25) is 14.8 Å². The third-order valence-electron chi connectivity index (χ3n) is 3.22. The minimum absolute atomic E-state index is 0.112. The van der Waals surface area contributed by atoms with E-state index in [1.54, 1.807) is 41.9 Å². The predicted molar refractivity (Wildman–Crippen MR) is 88.3 cm³/mol. The van der Waals surface area contributed by atoms with Gasteiger partial charge in [0.15, 0.2) is 0 Å². The van der Waals surface area contributed by atoms with Gasteiger partial charge in [0.1, 0.15) is 0 Å². The van der Waals surface area contributed by atoms with Gasteiger partial charge >= 0.3 is 0 Å². The summed E-state index contributed by atoms with van der Waals surface area (Å²) in [6, 6.07) is 14.1. The van der Waals surface area contributed by atoms with Crippen LogP contribution in [0.1, 0.15) is 41.5 Å². The Kier molecular flexibility index (Phi) is 4.81. The Balaban J connectivity index is 2.16. The number of hydrogen-bond donors (Lipinski definition) is 3. The topological polar surface area (TPSA) is 78.4 Å². The zero-order chi connectivity index (χ0) is 17.0. The maximum atomic E-state index is 12.1. The number of rotatable bonds is 3. The summed E-state index contributed by atoms with van der Waals surface area (Å²) in [6.07, 6.45) is 0. The third-order valence-corrected chi connectivity index (χ3v) is 3.22. The molecule has 0 aliphatic heterocycles. The van der Waals surface area contributed by atoms with E-state index in [4.69, 9.17) is 5.21 Å². The molecule has 0 aliphatic rings. The fraction of sp³-hybridized carbons (Fsp3) is 0.222. The molecule has 2 aromatic carbocycles. The van der Waals surface area contributed by atoms with E-state index in [0.29, 0.717) is 11.1 Å². The lowest BCUT2D eigenvalue weighted by Gasteiger charge is -2.20. The second-order valence-corrected chi connectivity index (χ2v) is 6.30. The molecular weight excluding hydrogens is 292 g/mol. The molecule has 0 aromatic heterocycles. The van der Waals surface area contributed by atoms with Crippen molar-refractivity contribution in [3.63, 3.8) is 0 Å². The highest BCUT2D eigenvalue weighted by molar-refractivity contribution is 5.95. The van der Waals surface area contributed by atoms with Crippen molar-refractivity contribution in [2.24, 2.45) is 0 Å². The van der Waals surface area contributed by atoms with Crippen LogP contribution in [-0.2, 0) is 0 Å². The summed E-state index contributed by atoms with van der Waals surface area (Å²) in [6.45, 7) is 5.80. The Morgan fingerprint density at radius 2 is 1.17 bits per heavy atom. The summed E-state index contributed by atoms with van der Waals surface area (Å²) in [5.74, 6) is -0.662. The molecule has 0 atom stereocenters. The summed E-state index contributed by atoms with van der Waals surface area (Å²) in [5, 5.41) is 11.5. The Morgan fingerprint density at radius 1 is 0.783 bits per heavy atom. The summed E-state index contributed by atoms with van der Waals surface area (Å²) >= 11 is 0. The lowest BCUT2D eigenvalue weighted by molar-refractivity contribution is 0.0706. The molecule has 0 aliphatic carbocycles. The largest absolute Gasteiger partial charge is 0.347 e. The van der Waals surface area contributed by atoms with Crippen LogP contribution in [0.4, 0.5) is 0 Å². The van der Waals surface area contributed by atoms with Crippen LogP contribution in [0.15, 0.2) is 48.5 Å². The standard InChI is InChI=1S/C18H20N2O3/c1-18(2,3)19-16(21)14-8-4-12(5-9-14)13-6-10-15(11-7-13)17(22)20-23/h4-11,23H,1-3H3,(H,19,21)(H,20,22). The first-order valence-corrected chi connectivity index (χ1v) is 7.27. The van der Waals surface area contributed by atoms with Crippen molar-refractivity contribution >= 4 is 11.8 Å². The molecule has 0 saturated carbocycles. The van der Waals surface area contributed by atoms with Gasteiger partial charge in [0, 0.05) is 16.7 Å². The minimum Gasteiger partial charge on any atom is -0.347 e. The van der Waals surface area contributed by atoms with Crippen LogP contribution in [-0.4, -0.2) is 22.6 Å². The highest BCUT2D eigenvalue weighted by Gasteiger charge is 2.15. The normalized spacial score (nSPS) is 11.0. The molecule has 5 heteroatoms. The van der Waals surface area contributed by atoms with Gasteiger partial charge in [-0.25, -0.2) is 5.48 Å². The van der Waals surface area contributed by atoms with Crippen molar-refractivity contribution in [2.45, 2.75) is 26.3 Å². The van der Waals surface area contributed by atoms with E-state index < -0.39 is 5.91 Å². The summed E-state index contributed by atoms with van der Waals surface area (Å²) in [5.41, 5.74) is 4.14. The number of hydrogen-bond acceptors (Lipinski definition) is 3. The van der Waals surface area contributed by atoms with Crippen LogP contribution in [0.2, 0.25) is 0 Å². The van der Waals surface area contributed by atoms with Gasteiger partial charge in [-0.2, -0.15) is 0 Å². The molecular formula is C18H20N2O3. The van der Waals surface area contributed by atoms with E-state index >= 15 is 0 Å². The Bertz CT molecular complexity index is 699. The smallest absolute Gasteiger partial charge is 0.274 e. The van der Waals surface area contributed by atoms with Crippen molar-refractivity contribution in [1.82, 2.24) is 10.8 Å². The second-order valence-electron chi connectivity index (χ2n) is 6.30. The molecule has 2 amide bonds. The fourth-order valence-corrected chi connectivity index (χ4v) is 2.11. The van der Waals surface area contributed by atoms with Crippen LogP contribution in [0, 0.1) is 0 Å². The highest BCUT2D eigenvalue weighted by atomic mass is 16.5. The van der Waals surface area contributed by atoms with Crippen LogP contribution in [0.25, 0.3) is 11.1 Å². The van der Waals surface area contributed by atoms with Crippen LogP contribution in [0.5, 0.6) is 0 Å². The second kappa shape index (κ2) is 6.62. The zero-order valence-electron chi connectivity index (χ0n) is 13.4. The zero-order valence-corrected chi connectivity index (χ0v) is 13.4. The van der Waals surface area contributed by atoms with E-state index in [-0.39, 0.29) is 11.4 Å². The van der Waals surface area contributed by atoms with Crippen molar-refractivity contribution in [1.29, 1.82) is 0 Å². The first-order chi connectivity index (χ1) is 10.8. The summed E-state index contributed by atoms with van der Waals surface area (Å²) < 4.78 is 0. The number of nitrogens with one attached hydrogen (secondary N) is 2. The Hall–Kier alpha value is -2.66. The van der Waals surface area contributed by atoms with Crippen molar-refractivity contribution in [3.05, 3.63) is 59.7 Å². The van der Waals surface area contributed by atoms with Crippen LogP contribution >= 0.6 is 0 Å². The molecule has 0 radical (unpaired) electrons. The average molecular weight is 312 g/mol. The van der Waals surface area contributed by atoms with Crippen molar-refractivity contribution in [2.75, 3.05) is 0 Å². The molecule has 120 valence electrons. The van der Waals surface area contributed by atoms with Gasteiger partial charge in [-0.05, 0) is 56.2 Å². The first kappa shape index (κ1) is 16.7.